The molecule has 1 fully saturated rings. The first-order valence-corrected chi connectivity index (χ1v) is 13.1. The lowest BCUT2D eigenvalue weighted by molar-refractivity contribution is 0.0746. The molecule has 38 heavy (non-hydrogen) atoms. The number of nitrogens with zero attached hydrogens (tertiary/aromatic N) is 2. The van der Waals surface area contributed by atoms with E-state index in [1.807, 2.05) is 59.5 Å². The monoisotopic (exact) mass is 573 g/mol. The van der Waals surface area contributed by atoms with Crippen LogP contribution in [-0.2, 0) is 0 Å². The number of halogens is 1. The van der Waals surface area contributed by atoms with Crippen LogP contribution in [0, 0.1) is 0 Å². The van der Waals surface area contributed by atoms with Crippen LogP contribution >= 0.6 is 15.9 Å². The highest BCUT2D eigenvalue weighted by Crippen LogP contribution is 2.37. The van der Waals surface area contributed by atoms with Crippen molar-refractivity contribution >= 4 is 49.9 Å². The number of methoxy groups -OCH3 is 2. The standard InChI is InChI=1S/C30H28BrN3O4/c1-37-24-13-7-20(8-14-24)30(36)34-17-15-33(16-18-34)23-11-9-22(10-12-23)32-29(35)26-19-21-5-3-4-6-25(21)27(31)28(26)38-2/h3-14,19H,15-18H2,1-2H3,(H,32,35). The number of amides is 2. The van der Waals surface area contributed by atoms with E-state index in [4.69, 9.17) is 9.47 Å². The van der Waals surface area contributed by atoms with Crippen LogP contribution < -0.4 is 19.7 Å². The Morgan fingerprint density at radius 2 is 1.53 bits per heavy atom. The van der Waals surface area contributed by atoms with E-state index in [0.717, 1.165) is 39.8 Å². The number of hydrogen-bond donors (Lipinski definition) is 1. The summed E-state index contributed by atoms with van der Waals surface area (Å²) in [6.45, 7) is 2.74. The van der Waals surface area contributed by atoms with Crippen LogP contribution in [0.4, 0.5) is 11.4 Å². The summed E-state index contributed by atoms with van der Waals surface area (Å²) in [5, 5.41) is 4.91. The first-order chi connectivity index (χ1) is 18.5. The fourth-order valence-electron chi connectivity index (χ4n) is 4.69. The molecule has 1 N–H and O–H groups in total. The van der Waals surface area contributed by atoms with Gasteiger partial charge in [-0.05, 0) is 81.3 Å². The molecule has 0 aromatic heterocycles. The first-order valence-electron chi connectivity index (χ1n) is 12.3. The minimum absolute atomic E-state index is 0.0288. The number of hydrogen-bond acceptors (Lipinski definition) is 5. The van der Waals surface area contributed by atoms with E-state index in [0.29, 0.717) is 35.7 Å². The van der Waals surface area contributed by atoms with E-state index >= 15 is 0 Å². The molecule has 7 nitrogen and oxygen atoms in total. The molecule has 8 heteroatoms. The molecule has 5 rings (SSSR count). The molecular formula is C30H28BrN3O4. The fraction of sp³-hybridized carbons (Fsp3) is 0.200. The number of nitrogens with one attached hydrogen (secondary N) is 1. The minimum Gasteiger partial charge on any atom is -0.497 e. The Labute approximate surface area is 230 Å². The van der Waals surface area contributed by atoms with Crippen LogP contribution in [0.5, 0.6) is 11.5 Å². The van der Waals surface area contributed by atoms with Crippen molar-refractivity contribution in [1.82, 2.24) is 4.90 Å². The third kappa shape index (κ3) is 5.17. The van der Waals surface area contributed by atoms with Gasteiger partial charge in [0.1, 0.15) is 11.5 Å². The molecule has 0 unspecified atom stereocenters. The molecule has 2 amide bonds. The van der Waals surface area contributed by atoms with Gasteiger partial charge in [0.2, 0.25) is 0 Å². The van der Waals surface area contributed by atoms with Crippen LogP contribution in [0.1, 0.15) is 20.7 Å². The van der Waals surface area contributed by atoms with Gasteiger partial charge in [0.15, 0.2) is 0 Å². The number of rotatable bonds is 6. The fourth-order valence-corrected chi connectivity index (χ4v) is 5.43. The lowest BCUT2D eigenvalue weighted by atomic mass is 10.0. The second-order valence-electron chi connectivity index (χ2n) is 9.00. The number of carbonyl (C=O) groups excluding carboxylic acids is 2. The zero-order valence-electron chi connectivity index (χ0n) is 21.2. The van der Waals surface area contributed by atoms with E-state index in [-0.39, 0.29) is 11.8 Å². The molecular weight excluding hydrogens is 546 g/mol. The number of benzene rings is 4. The Balaban J connectivity index is 1.22. The maximum Gasteiger partial charge on any atom is 0.259 e. The molecule has 0 bridgehead atoms. The summed E-state index contributed by atoms with van der Waals surface area (Å²) < 4.78 is 11.5. The summed E-state index contributed by atoms with van der Waals surface area (Å²) in [5.74, 6) is 1.02. The van der Waals surface area contributed by atoms with E-state index in [2.05, 4.69) is 26.1 Å². The molecule has 1 heterocycles. The highest BCUT2D eigenvalue weighted by Gasteiger charge is 2.23. The van der Waals surface area contributed by atoms with Crippen LogP contribution in [0.2, 0.25) is 0 Å². The average Bonchev–Trinajstić information content (AvgIpc) is 2.97. The highest BCUT2D eigenvalue weighted by molar-refractivity contribution is 9.10. The molecule has 1 saturated heterocycles. The molecule has 1 aliphatic heterocycles. The largest absolute Gasteiger partial charge is 0.497 e. The summed E-state index contributed by atoms with van der Waals surface area (Å²) in [7, 11) is 3.17. The summed E-state index contributed by atoms with van der Waals surface area (Å²) >= 11 is 3.59. The molecule has 0 aliphatic carbocycles. The molecule has 1 aliphatic rings. The average molecular weight is 574 g/mol. The number of fused-ring (bicyclic) bond motifs is 1. The first kappa shape index (κ1) is 25.6. The molecule has 0 atom stereocenters. The van der Waals surface area contributed by atoms with Crippen molar-refractivity contribution < 1.29 is 19.1 Å². The van der Waals surface area contributed by atoms with Gasteiger partial charge >= 0.3 is 0 Å². The van der Waals surface area contributed by atoms with Gasteiger partial charge in [-0.1, -0.05) is 24.3 Å². The lowest BCUT2D eigenvalue weighted by Crippen LogP contribution is -2.48. The smallest absolute Gasteiger partial charge is 0.259 e. The number of piperazine rings is 1. The summed E-state index contributed by atoms with van der Waals surface area (Å²) in [5.41, 5.74) is 2.86. The second-order valence-corrected chi connectivity index (χ2v) is 9.79. The molecule has 4 aromatic carbocycles. The third-order valence-electron chi connectivity index (χ3n) is 6.78. The van der Waals surface area contributed by atoms with Crippen LogP contribution in [-0.4, -0.2) is 57.1 Å². The van der Waals surface area contributed by atoms with E-state index in [9.17, 15) is 9.59 Å². The predicted octanol–water partition coefficient (Wildman–Crippen LogP) is 5.83. The maximum absolute atomic E-state index is 13.2. The molecule has 0 saturated carbocycles. The normalized spacial score (nSPS) is 13.3. The van der Waals surface area contributed by atoms with Crippen molar-refractivity contribution in [2.24, 2.45) is 0 Å². The zero-order chi connectivity index (χ0) is 26.6. The van der Waals surface area contributed by atoms with Crippen molar-refractivity contribution in [1.29, 1.82) is 0 Å². The number of carbonyl (C=O) groups is 2. The van der Waals surface area contributed by atoms with Crippen molar-refractivity contribution in [3.8, 4) is 11.5 Å². The van der Waals surface area contributed by atoms with Gasteiger partial charge < -0.3 is 24.6 Å². The topological polar surface area (TPSA) is 71.1 Å². The highest BCUT2D eigenvalue weighted by atomic mass is 79.9. The Morgan fingerprint density at radius 3 is 2.18 bits per heavy atom. The molecule has 0 radical (unpaired) electrons. The van der Waals surface area contributed by atoms with Gasteiger partial charge in [-0.3, -0.25) is 9.59 Å². The van der Waals surface area contributed by atoms with Crippen LogP contribution in [0.3, 0.4) is 0 Å². The van der Waals surface area contributed by atoms with E-state index < -0.39 is 0 Å². The van der Waals surface area contributed by atoms with Crippen LogP contribution in [0.15, 0.2) is 83.3 Å². The summed E-state index contributed by atoms with van der Waals surface area (Å²) in [6, 6.07) is 24.7. The lowest BCUT2D eigenvalue weighted by Gasteiger charge is -2.36. The van der Waals surface area contributed by atoms with Crippen molar-refractivity contribution in [2.45, 2.75) is 0 Å². The number of anilines is 2. The molecule has 4 aromatic rings. The van der Waals surface area contributed by atoms with Gasteiger partial charge in [-0.25, -0.2) is 0 Å². The maximum atomic E-state index is 13.2. The van der Waals surface area contributed by atoms with Gasteiger partial charge in [0.25, 0.3) is 11.8 Å². The van der Waals surface area contributed by atoms with Crippen molar-refractivity contribution in [3.05, 3.63) is 94.5 Å². The Bertz CT molecular complexity index is 1460. The van der Waals surface area contributed by atoms with Crippen LogP contribution in [0.25, 0.3) is 10.8 Å². The SMILES string of the molecule is COc1ccc(C(=O)N2CCN(c3ccc(NC(=O)c4cc5ccccc5c(Br)c4OC)cc3)CC2)cc1. The second kappa shape index (κ2) is 11.1. The van der Waals surface area contributed by atoms with Gasteiger partial charge in [-0.15, -0.1) is 0 Å². The van der Waals surface area contributed by atoms with Crippen molar-refractivity contribution in [2.75, 3.05) is 50.6 Å². The number of ether oxygens (including phenoxy) is 2. The summed E-state index contributed by atoms with van der Waals surface area (Å²) in [6.07, 6.45) is 0. The third-order valence-corrected chi connectivity index (χ3v) is 7.57. The van der Waals surface area contributed by atoms with Gasteiger partial charge in [-0.2, -0.15) is 0 Å². The van der Waals surface area contributed by atoms with E-state index in [1.165, 1.54) is 0 Å². The Hall–Kier alpha value is -4.04. The van der Waals surface area contributed by atoms with Gasteiger partial charge in [0, 0.05) is 43.1 Å². The Morgan fingerprint density at radius 1 is 0.842 bits per heavy atom. The molecule has 0 spiro atoms. The van der Waals surface area contributed by atoms with Crippen molar-refractivity contribution in [3.63, 3.8) is 0 Å². The molecule has 194 valence electrons. The van der Waals surface area contributed by atoms with Gasteiger partial charge in [0.05, 0.1) is 24.3 Å². The van der Waals surface area contributed by atoms with E-state index in [1.54, 1.807) is 38.5 Å². The quantitative estimate of drug-likeness (QED) is 0.314. The minimum atomic E-state index is -0.244. The zero-order valence-corrected chi connectivity index (χ0v) is 22.8. The predicted molar refractivity (Wildman–Crippen MR) is 154 cm³/mol. The summed E-state index contributed by atoms with van der Waals surface area (Å²) in [4.78, 5) is 30.1. The Kier molecular flexibility index (Phi) is 7.51.